The van der Waals surface area contributed by atoms with Crippen molar-refractivity contribution in [1.82, 2.24) is 14.9 Å². The number of halogens is 1. The van der Waals surface area contributed by atoms with Gasteiger partial charge in [-0.15, -0.1) is 10.2 Å². The molecule has 2 aliphatic rings. The molecule has 44 heavy (non-hydrogen) atoms. The Labute approximate surface area is 267 Å². The summed E-state index contributed by atoms with van der Waals surface area (Å²) in [6, 6.07) is 11.3. The summed E-state index contributed by atoms with van der Waals surface area (Å²) in [7, 11) is 3.34. The largest absolute Gasteiger partial charge is 0.497 e. The van der Waals surface area contributed by atoms with Crippen LogP contribution >= 0.6 is 23.4 Å². The molecule has 1 aromatic heterocycles. The Morgan fingerprint density at radius 3 is 2.66 bits per heavy atom. The maximum Gasteiger partial charge on any atom is 0.212 e. The Kier molecular flexibility index (Phi) is 10.1. The minimum absolute atomic E-state index is 0.0226. The zero-order chi connectivity index (χ0) is 31.3. The summed E-state index contributed by atoms with van der Waals surface area (Å²) in [4.78, 5) is 16.0. The third-order valence-corrected chi connectivity index (χ3v) is 8.61. The lowest BCUT2D eigenvalue weighted by atomic mass is 9.84. The first-order chi connectivity index (χ1) is 21.2. The number of nitrogens with zero attached hydrogens (tertiary/aromatic N) is 5. The Morgan fingerprint density at radius 1 is 1.16 bits per heavy atom. The van der Waals surface area contributed by atoms with E-state index in [0.29, 0.717) is 34.8 Å². The van der Waals surface area contributed by atoms with E-state index in [9.17, 15) is 4.79 Å². The molecule has 1 fully saturated rings. The summed E-state index contributed by atoms with van der Waals surface area (Å²) < 4.78 is 18.6. The van der Waals surface area contributed by atoms with E-state index in [-0.39, 0.29) is 22.9 Å². The van der Waals surface area contributed by atoms with Crippen LogP contribution in [0.3, 0.4) is 0 Å². The molecule has 1 aliphatic carbocycles. The number of ether oxygens (including phenoxy) is 3. The number of aromatic nitrogens is 3. The molecule has 9 nitrogen and oxygen atoms in total. The molecule has 0 amide bonds. The van der Waals surface area contributed by atoms with Crippen LogP contribution in [0.5, 0.6) is 5.75 Å². The third-order valence-electron chi connectivity index (χ3n) is 7.46. The molecule has 3 aromatic rings. The van der Waals surface area contributed by atoms with Crippen molar-refractivity contribution in [1.29, 1.82) is 0 Å². The second-order valence-corrected chi connectivity index (χ2v) is 13.0. The number of rotatable bonds is 10. The normalized spacial score (nSPS) is 17.2. The molecule has 1 aliphatic heterocycles. The summed E-state index contributed by atoms with van der Waals surface area (Å²) in [5.74, 6) is 2.30. The number of methoxy groups -OCH3 is 2. The van der Waals surface area contributed by atoms with Crippen molar-refractivity contribution < 1.29 is 19.0 Å². The number of ketones is 1. The van der Waals surface area contributed by atoms with Crippen molar-refractivity contribution in [2.45, 2.75) is 37.8 Å². The molecule has 2 aromatic carbocycles. The zero-order valence-corrected chi connectivity index (χ0v) is 27.3. The number of benzene rings is 2. The van der Waals surface area contributed by atoms with Crippen LogP contribution in [-0.4, -0.2) is 73.1 Å². The van der Waals surface area contributed by atoms with E-state index in [1.807, 2.05) is 48.7 Å². The molecule has 1 unspecified atom stereocenters. The van der Waals surface area contributed by atoms with Crippen molar-refractivity contribution in [2.24, 2.45) is 11.0 Å². The van der Waals surface area contributed by atoms with E-state index < -0.39 is 0 Å². The minimum atomic E-state index is -0.234. The zero-order valence-electron chi connectivity index (χ0n) is 25.7. The van der Waals surface area contributed by atoms with E-state index in [1.165, 1.54) is 11.8 Å². The number of allylic oxidation sites excluding steroid dienone is 3. The molecule has 0 N–H and O–H groups in total. The third kappa shape index (κ3) is 7.36. The van der Waals surface area contributed by atoms with Crippen molar-refractivity contribution >= 4 is 41.0 Å². The molecule has 5 rings (SSSR count). The van der Waals surface area contributed by atoms with Crippen molar-refractivity contribution in [3.8, 4) is 17.1 Å². The van der Waals surface area contributed by atoms with Gasteiger partial charge in [0.1, 0.15) is 11.5 Å². The minimum Gasteiger partial charge on any atom is -0.497 e. The van der Waals surface area contributed by atoms with Gasteiger partial charge in [0.05, 0.1) is 38.9 Å². The maximum atomic E-state index is 13.8. The van der Waals surface area contributed by atoms with Gasteiger partial charge in [-0.05, 0) is 48.3 Å². The Balaban J connectivity index is 1.45. The summed E-state index contributed by atoms with van der Waals surface area (Å²) in [5.41, 5.74) is 3.07. The monoisotopic (exact) mass is 635 g/mol. The Morgan fingerprint density at radius 2 is 1.95 bits per heavy atom. The summed E-state index contributed by atoms with van der Waals surface area (Å²) in [6.07, 6.45) is 8.66. The van der Waals surface area contributed by atoms with Crippen LogP contribution in [0.25, 0.3) is 11.4 Å². The average molecular weight is 636 g/mol. The number of carbonyl (C=O) groups is 1. The van der Waals surface area contributed by atoms with Gasteiger partial charge in [-0.2, -0.15) is 9.78 Å². The van der Waals surface area contributed by atoms with Gasteiger partial charge in [0.2, 0.25) is 5.16 Å². The Hall–Kier alpha value is -3.60. The summed E-state index contributed by atoms with van der Waals surface area (Å²) >= 11 is 7.60. The van der Waals surface area contributed by atoms with Gasteiger partial charge in [0.15, 0.2) is 11.6 Å². The van der Waals surface area contributed by atoms with Crippen LogP contribution in [0.4, 0.5) is 5.69 Å². The van der Waals surface area contributed by atoms with Gasteiger partial charge in [-0.3, -0.25) is 4.79 Å². The molecule has 0 bridgehead atoms. The molecule has 1 atom stereocenters. The lowest BCUT2D eigenvalue weighted by Crippen LogP contribution is -2.37. The second-order valence-electron chi connectivity index (χ2n) is 11.6. The fourth-order valence-corrected chi connectivity index (χ4v) is 6.11. The number of hydrogen-bond donors (Lipinski definition) is 0. The van der Waals surface area contributed by atoms with Crippen molar-refractivity contribution in [2.75, 3.05) is 51.2 Å². The molecular formula is C33H38ClN5O4S. The van der Waals surface area contributed by atoms with Crippen LogP contribution < -0.4 is 9.64 Å². The lowest BCUT2D eigenvalue weighted by Gasteiger charge is -2.33. The van der Waals surface area contributed by atoms with Crippen LogP contribution in [0.2, 0.25) is 5.02 Å². The van der Waals surface area contributed by atoms with Crippen LogP contribution in [-0.2, 0) is 14.9 Å². The quantitative estimate of drug-likeness (QED) is 0.139. The lowest BCUT2D eigenvalue weighted by molar-refractivity contribution is 0.102. The first-order valence-electron chi connectivity index (χ1n) is 14.6. The first kappa shape index (κ1) is 31.8. The molecule has 1 saturated heterocycles. The number of hydrogen-bond acceptors (Lipinski definition) is 9. The second kappa shape index (κ2) is 14.0. The summed E-state index contributed by atoms with van der Waals surface area (Å²) in [6.45, 7) is 9.11. The van der Waals surface area contributed by atoms with E-state index in [0.717, 1.165) is 47.8 Å². The Bertz CT molecular complexity index is 1590. The van der Waals surface area contributed by atoms with Gasteiger partial charge in [0.25, 0.3) is 0 Å². The molecule has 0 radical (unpaired) electrons. The highest BCUT2D eigenvalue weighted by Crippen LogP contribution is 2.41. The number of carbonyl (C=O) groups excluding carboxylic acids is 1. The van der Waals surface area contributed by atoms with Crippen LogP contribution in [0, 0.1) is 5.92 Å². The maximum absolute atomic E-state index is 13.8. The van der Waals surface area contributed by atoms with E-state index in [1.54, 1.807) is 25.0 Å². The first-order valence-corrected chi connectivity index (χ1v) is 15.9. The standard InChI is InChI=1S/C33H38ClN5O4S/c1-33(2,3)27-18-24(19-28(30(27)42-5)38-12-14-43-15-13-38)29(40)21-44-32-37-36-31(23-9-7-10-25(34)17-23)39(32)35-20-22-8-6-11-26(16-22)41-4/h6-7,9-11,16-20,22H,8,12-15,21H2,1-5H3/b35-20+. The van der Waals surface area contributed by atoms with Gasteiger partial charge in [0, 0.05) is 46.9 Å². The van der Waals surface area contributed by atoms with Gasteiger partial charge >= 0.3 is 0 Å². The fraction of sp³-hybridized carbons (Fsp3) is 0.394. The number of thioether (sulfide) groups is 1. The van der Waals surface area contributed by atoms with Gasteiger partial charge in [-0.1, -0.05) is 62.3 Å². The molecule has 232 valence electrons. The highest BCUT2D eigenvalue weighted by Gasteiger charge is 2.27. The van der Waals surface area contributed by atoms with Crippen LogP contribution in [0.15, 0.2) is 70.6 Å². The fourth-order valence-electron chi connectivity index (χ4n) is 5.13. The molecule has 0 saturated carbocycles. The van der Waals surface area contributed by atoms with E-state index in [2.05, 4.69) is 41.9 Å². The predicted octanol–water partition coefficient (Wildman–Crippen LogP) is 6.66. The number of anilines is 1. The number of Topliss-reactive ketones (excluding diaryl/α,β-unsaturated/α-hetero) is 1. The van der Waals surface area contributed by atoms with Gasteiger partial charge in [-0.25, -0.2) is 0 Å². The average Bonchev–Trinajstić information content (AvgIpc) is 3.44. The smallest absolute Gasteiger partial charge is 0.212 e. The molecule has 11 heteroatoms. The predicted molar refractivity (Wildman–Crippen MR) is 176 cm³/mol. The highest BCUT2D eigenvalue weighted by molar-refractivity contribution is 7.99. The van der Waals surface area contributed by atoms with Crippen molar-refractivity contribution in [3.05, 3.63) is 76.5 Å². The molecule has 2 heterocycles. The number of morpholine rings is 1. The molecule has 0 spiro atoms. The summed E-state index contributed by atoms with van der Waals surface area (Å²) in [5, 5.41) is 14.7. The van der Waals surface area contributed by atoms with E-state index in [4.69, 9.17) is 30.9 Å². The van der Waals surface area contributed by atoms with E-state index >= 15 is 0 Å². The SMILES string of the molecule is COC1=CC(/C=N/n2c(SCC(=O)c3cc(N4CCOCC4)c(OC)c(C(C)(C)C)c3)nnc2-c2cccc(Cl)c2)CC=C1. The van der Waals surface area contributed by atoms with Crippen molar-refractivity contribution in [3.63, 3.8) is 0 Å². The highest BCUT2D eigenvalue weighted by atomic mass is 35.5. The van der Waals surface area contributed by atoms with Crippen LogP contribution in [0.1, 0.15) is 43.1 Å². The van der Waals surface area contributed by atoms with Gasteiger partial charge < -0.3 is 19.1 Å². The molecular weight excluding hydrogens is 598 g/mol. The topological polar surface area (TPSA) is 91.1 Å².